The topological polar surface area (TPSA) is 120 Å². The number of carbonyl (C=O) groups is 2. The molecule has 202 valence electrons. The van der Waals surface area contributed by atoms with Crippen LogP contribution >= 0.6 is 0 Å². The number of alkyl halides is 3. The minimum absolute atomic E-state index is 0.0424. The summed E-state index contributed by atoms with van der Waals surface area (Å²) in [7, 11) is 1.40. The molecule has 37 heavy (non-hydrogen) atoms. The molecule has 0 aromatic carbocycles. The van der Waals surface area contributed by atoms with Crippen molar-refractivity contribution < 1.29 is 37.0 Å². The highest BCUT2D eigenvalue weighted by atomic mass is 19.4. The molecule has 0 radical (unpaired) electrons. The van der Waals surface area contributed by atoms with E-state index in [0.29, 0.717) is 19.4 Å². The van der Waals surface area contributed by atoms with Gasteiger partial charge in [0.05, 0.1) is 19.0 Å². The molecule has 1 saturated heterocycles. The lowest BCUT2D eigenvalue weighted by molar-refractivity contribution is -0.270. The van der Waals surface area contributed by atoms with E-state index in [1.165, 1.54) is 19.2 Å². The third-order valence-corrected chi connectivity index (χ3v) is 7.32. The van der Waals surface area contributed by atoms with E-state index in [-0.39, 0.29) is 53.5 Å². The molecule has 3 heterocycles. The summed E-state index contributed by atoms with van der Waals surface area (Å²) in [5.41, 5.74) is -2.19. The molecule has 2 aliphatic rings. The molecule has 2 aromatic rings. The average Bonchev–Trinajstić information content (AvgIpc) is 3.35. The molecule has 0 bridgehead atoms. The molecule has 0 spiro atoms. The number of nitrogens with one attached hydrogen (secondary N) is 2. The zero-order chi connectivity index (χ0) is 27.0. The summed E-state index contributed by atoms with van der Waals surface area (Å²) < 4.78 is 58.3. The van der Waals surface area contributed by atoms with Crippen LogP contribution in [0, 0.1) is 11.7 Å². The van der Waals surface area contributed by atoms with Crippen molar-refractivity contribution in [2.24, 2.45) is 5.92 Å². The highest BCUT2D eigenvalue weighted by Gasteiger charge is 2.54. The number of halogens is 4. The number of ether oxygens (including phenoxy) is 1. The van der Waals surface area contributed by atoms with Crippen molar-refractivity contribution in [3.8, 4) is 17.1 Å². The van der Waals surface area contributed by atoms with Gasteiger partial charge in [0, 0.05) is 36.2 Å². The first-order chi connectivity index (χ1) is 17.4. The Morgan fingerprint density at radius 3 is 2.57 bits per heavy atom. The molecule has 13 heteroatoms. The molecule has 1 aliphatic heterocycles. The van der Waals surface area contributed by atoms with Crippen molar-refractivity contribution in [2.75, 3.05) is 13.7 Å². The number of aliphatic hydroxyl groups is 1. The second kappa shape index (κ2) is 10.3. The van der Waals surface area contributed by atoms with E-state index in [4.69, 9.17) is 4.74 Å². The molecular weight excluding hydrogens is 498 g/mol. The number of hydrogen-bond acceptors (Lipinski definition) is 6. The van der Waals surface area contributed by atoms with Crippen LogP contribution < -0.4 is 10.1 Å². The van der Waals surface area contributed by atoms with E-state index in [2.05, 4.69) is 20.5 Å². The molecule has 4 rings (SSSR count). The molecule has 1 aliphatic carbocycles. The number of nitrogens with zero attached hydrogens (tertiary/aromatic N) is 3. The molecule has 2 aromatic heterocycles. The van der Waals surface area contributed by atoms with Crippen molar-refractivity contribution in [1.29, 1.82) is 0 Å². The number of hydrogen-bond donors (Lipinski definition) is 3. The average molecular weight is 528 g/mol. The Morgan fingerprint density at radius 2 is 1.95 bits per heavy atom. The largest absolute Gasteiger partial charge is 0.481 e. The Hall–Kier alpha value is -3.22. The van der Waals surface area contributed by atoms with Gasteiger partial charge in [0.1, 0.15) is 5.69 Å². The predicted octanol–water partition coefficient (Wildman–Crippen LogP) is 3.21. The Balaban J connectivity index is 1.33. The lowest BCUT2D eigenvalue weighted by Crippen LogP contribution is -2.53. The molecule has 9 nitrogen and oxygen atoms in total. The first kappa shape index (κ1) is 26.8. The van der Waals surface area contributed by atoms with E-state index in [1.807, 2.05) is 6.92 Å². The quantitative estimate of drug-likeness (QED) is 0.514. The van der Waals surface area contributed by atoms with Gasteiger partial charge in [-0.15, -0.1) is 0 Å². The fourth-order valence-corrected chi connectivity index (χ4v) is 5.01. The second-order valence-corrected chi connectivity index (χ2v) is 9.75. The number of piperidine rings is 1. The highest BCUT2D eigenvalue weighted by Crippen LogP contribution is 2.41. The third kappa shape index (κ3) is 5.55. The number of H-pyrrole nitrogens is 1. The van der Waals surface area contributed by atoms with Crippen LogP contribution in [-0.2, 0) is 4.79 Å². The highest BCUT2D eigenvalue weighted by molar-refractivity contribution is 5.94. The van der Waals surface area contributed by atoms with Crippen LogP contribution in [0.1, 0.15) is 55.9 Å². The number of methoxy groups -OCH3 is 1. The van der Waals surface area contributed by atoms with Gasteiger partial charge in [0.25, 0.3) is 5.91 Å². The number of carbonyl (C=O) groups excluding carboxylic acids is 2. The van der Waals surface area contributed by atoms with Crippen LogP contribution in [0.2, 0.25) is 0 Å². The zero-order valence-electron chi connectivity index (χ0n) is 20.4. The van der Waals surface area contributed by atoms with Crippen LogP contribution in [0.15, 0.2) is 18.3 Å². The van der Waals surface area contributed by atoms with E-state index >= 15 is 0 Å². The SMILES string of the molecule is COc1cc(-c2cc(C(=O)N3CC[C@@H](C(=O)NC4CCC(O)(C(F)(F)F)CC4)C[C@@H]3C)[nH]n2)c(F)cn1. The van der Waals surface area contributed by atoms with Crippen molar-refractivity contribution in [2.45, 2.75) is 69.3 Å². The van der Waals surface area contributed by atoms with Gasteiger partial charge < -0.3 is 20.1 Å². The maximum Gasteiger partial charge on any atom is 0.417 e. The maximum atomic E-state index is 14.2. The second-order valence-electron chi connectivity index (χ2n) is 9.75. The standard InChI is InChI=1S/C24H29F4N5O4/c1-13-9-14(21(34)30-15-3-6-23(36,7-4-15)24(26,27)28)5-8-33(13)22(35)19-11-18(31-32-19)16-10-20(37-2)29-12-17(16)25/h10-15,36H,3-9H2,1-2H3,(H,30,34)(H,31,32)/t13-,14+,15?,23?/m0/s1. The van der Waals surface area contributed by atoms with Crippen LogP contribution in [0.5, 0.6) is 5.88 Å². The van der Waals surface area contributed by atoms with E-state index in [9.17, 15) is 32.3 Å². The van der Waals surface area contributed by atoms with Crippen molar-refractivity contribution in [3.05, 3.63) is 29.8 Å². The minimum Gasteiger partial charge on any atom is -0.481 e. The Bertz CT molecular complexity index is 1150. The molecule has 0 unspecified atom stereocenters. The van der Waals surface area contributed by atoms with Crippen LogP contribution in [0.25, 0.3) is 11.3 Å². The number of amides is 2. The summed E-state index contributed by atoms with van der Waals surface area (Å²) in [6.45, 7) is 2.11. The molecule has 2 atom stereocenters. The Kier molecular flexibility index (Phi) is 7.45. The summed E-state index contributed by atoms with van der Waals surface area (Å²) in [5.74, 6) is -1.41. The van der Waals surface area contributed by atoms with Gasteiger partial charge in [-0.1, -0.05) is 0 Å². The summed E-state index contributed by atoms with van der Waals surface area (Å²) >= 11 is 0. The fourth-order valence-electron chi connectivity index (χ4n) is 5.01. The Morgan fingerprint density at radius 1 is 1.24 bits per heavy atom. The molecule has 3 N–H and O–H groups in total. The van der Waals surface area contributed by atoms with Gasteiger partial charge in [-0.2, -0.15) is 18.3 Å². The summed E-state index contributed by atoms with van der Waals surface area (Å²) in [6.07, 6.45) is -3.73. The number of likely N-dealkylation sites (tertiary alicyclic amines) is 1. The lowest BCUT2D eigenvalue weighted by Gasteiger charge is -2.39. The third-order valence-electron chi connectivity index (χ3n) is 7.32. The number of aromatic nitrogens is 3. The monoisotopic (exact) mass is 527 g/mol. The zero-order valence-corrected chi connectivity index (χ0v) is 20.4. The van der Waals surface area contributed by atoms with Gasteiger partial charge in [0.2, 0.25) is 11.8 Å². The molecular formula is C24H29F4N5O4. The first-order valence-electron chi connectivity index (χ1n) is 12.1. The molecule has 2 amide bonds. The van der Waals surface area contributed by atoms with Gasteiger partial charge >= 0.3 is 6.18 Å². The van der Waals surface area contributed by atoms with Gasteiger partial charge in [-0.3, -0.25) is 14.7 Å². The number of aromatic amines is 1. The summed E-state index contributed by atoms with van der Waals surface area (Å²) in [4.78, 5) is 31.3. The number of pyridine rings is 1. The van der Waals surface area contributed by atoms with Gasteiger partial charge in [0.15, 0.2) is 11.4 Å². The van der Waals surface area contributed by atoms with Crippen molar-refractivity contribution in [1.82, 2.24) is 25.4 Å². The van der Waals surface area contributed by atoms with Crippen molar-refractivity contribution in [3.63, 3.8) is 0 Å². The van der Waals surface area contributed by atoms with Gasteiger partial charge in [-0.05, 0) is 51.5 Å². The van der Waals surface area contributed by atoms with Crippen molar-refractivity contribution >= 4 is 11.8 Å². The summed E-state index contributed by atoms with van der Waals surface area (Å²) in [5, 5.41) is 19.3. The van der Waals surface area contributed by atoms with E-state index < -0.39 is 42.4 Å². The molecule has 1 saturated carbocycles. The smallest absolute Gasteiger partial charge is 0.417 e. The Labute approximate surface area is 210 Å². The summed E-state index contributed by atoms with van der Waals surface area (Å²) in [6, 6.07) is 2.10. The molecule has 2 fully saturated rings. The number of rotatable bonds is 5. The van der Waals surface area contributed by atoms with Crippen LogP contribution in [0.3, 0.4) is 0 Å². The minimum atomic E-state index is -4.69. The van der Waals surface area contributed by atoms with E-state index in [0.717, 1.165) is 6.20 Å². The normalized spacial score (nSPS) is 26.6. The van der Waals surface area contributed by atoms with E-state index in [1.54, 1.807) is 4.90 Å². The predicted molar refractivity (Wildman–Crippen MR) is 123 cm³/mol. The van der Waals surface area contributed by atoms with Crippen LogP contribution in [0.4, 0.5) is 17.6 Å². The van der Waals surface area contributed by atoms with Crippen LogP contribution in [-0.4, -0.2) is 74.5 Å². The fraction of sp³-hybridized carbons (Fsp3) is 0.583. The van der Waals surface area contributed by atoms with Gasteiger partial charge in [-0.25, -0.2) is 9.37 Å². The maximum absolute atomic E-state index is 14.2. The lowest BCUT2D eigenvalue weighted by atomic mass is 9.81. The first-order valence-corrected chi connectivity index (χ1v) is 12.1.